The van der Waals surface area contributed by atoms with Gasteiger partial charge in [-0.3, -0.25) is 19.7 Å². The Labute approximate surface area is 232 Å². The third-order valence-electron chi connectivity index (χ3n) is 6.38. The lowest BCUT2D eigenvalue weighted by atomic mass is 10.1. The number of rotatable bonds is 10. The number of carbonyl (C=O) groups excluding carboxylic acids is 2. The molecule has 1 fully saturated rings. The number of likely N-dealkylation sites (tertiary alicyclic amines) is 1. The van der Waals surface area contributed by atoms with Crippen LogP contribution in [0.25, 0.3) is 0 Å². The van der Waals surface area contributed by atoms with Crippen LogP contribution in [0, 0.1) is 10.1 Å². The maximum atomic E-state index is 12.6. The van der Waals surface area contributed by atoms with Gasteiger partial charge in [-0.15, -0.1) is 13.2 Å². The zero-order valence-corrected chi connectivity index (χ0v) is 21.9. The van der Waals surface area contributed by atoms with Gasteiger partial charge in [-0.05, 0) is 43.3 Å². The Bertz CT molecular complexity index is 1290. The summed E-state index contributed by atoms with van der Waals surface area (Å²) in [5.41, 5.74) is -1.02. The van der Waals surface area contributed by atoms with Crippen molar-refractivity contribution in [3.8, 4) is 17.2 Å². The number of ether oxygens (including phenoxy) is 3. The van der Waals surface area contributed by atoms with E-state index in [0.29, 0.717) is 31.7 Å². The fourth-order valence-electron chi connectivity index (χ4n) is 4.23. The normalized spacial score (nSPS) is 16.3. The summed E-state index contributed by atoms with van der Waals surface area (Å²) < 4.78 is 52.1. The molecule has 3 N–H and O–H groups in total. The number of carbonyl (C=O) groups is 2. The predicted octanol–water partition coefficient (Wildman–Crippen LogP) is 3.05. The number of hydrogen-bond acceptors (Lipinski definition) is 9. The average Bonchev–Trinajstić information content (AvgIpc) is 3.37. The van der Waals surface area contributed by atoms with Crippen LogP contribution >= 0.6 is 0 Å². The number of halogens is 3. The van der Waals surface area contributed by atoms with Crippen LogP contribution in [-0.4, -0.2) is 66.0 Å². The Morgan fingerprint density at radius 1 is 1.10 bits per heavy atom. The van der Waals surface area contributed by atoms with Crippen molar-refractivity contribution in [1.82, 2.24) is 20.9 Å². The van der Waals surface area contributed by atoms with Gasteiger partial charge in [-0.1, -0.05) is 0 Å². The zero-order chi connectivity index (χ0) is 29.6. The second-order valence-corrected chi connectivity index (χ2v) is 9.58. The van der Waals surface area contributed by atoms with Gasteiger partial charge in [0.1, 0.15) is 29.9 Å². The fourth-order valence-corrected chi connectivity index (χ4v) is 4.23. The molecule has 0 atom stereocenters. The highest BCUT2D eigenvalue weighted by atomic mass is 19.4. The maximum Gasteiger partial charge on any atom is 0.573 e. The van der Waals surface area contributed by atoms with Crippen molar-refractivity contribution in [2.75, 3.05) is 26.2 Å². The van der Waals surface area contributed by atoms with Crippen molar-refractivity contribution in [3.63, 3.8) is 0 Å². The van der Waals surface area contributed by atoms with E-state index in [2.05, 4.69) is 20.7 Å². The lowest BCUT2D eigenvalue weighted by molar-refractivity contribution is -0.385. The molecule has 0 aromatic heterocycles. The second-order valence-electron chi connectivity index (χ2n) is 9.58. The Morgan fingerprint density at radius 3 is 2.34 bits per heavy atom. The molecule has 12 nitrogen and oxygen atoms in total. The Kier molecular flexibility index (Phi) is 8.74. The van der Waals surface area contributed by atoms with Crippen LogP contribution in [0.5, 0.6) is 17.2 Å². The van der Waals surface area contributed by atoms with Crippen molar-refractivity contribution in [1.29, 1.82) is 0 Å². The van der Waals surface area contributed by atoms with E-state index >= 15 is 0 Å². The largest absolute Gasteiger partial charge is 0.573 e. The Morgan fingerprint density at radius 2 is 1.73 bits per heavy atom. The van der Waals surface area contributed by atoms with Gasteiger partial charge in [0, 0.05) is 50.0 Å². The highest BCUT2D eigenvalue weighted by Crippen LogP contribution is 2.29. The predicted molar refractivity (Wildman–Crippen MR) is 138 cm³/mol. The van der Waals surface area contributed by atoms with Crippen LogP contribution in [0.4, 0.5) is 18.9 Å². The molecule has 2 aliphatic rings. The summed E-state index contributed by atoms with van der Waals surface area (Å²) in [6.45, 7) is 2.28. The van der Waals surface area contributed by atoms with Crippen molar-refractivity contribution >= 4 is 17.5 Å². The lowest BCUT2D eigenvalue weighted by Gasteiger charge is -2.32. The van der Waals surface area contributed by atoms with Gasteiger partial charge in [0.25, 0.3) is 5.91 Å². The number of hydrogen-bond donors (Lipinski definition) is 3. The van der Waals surface area contributed by atoms with E-state index in [1.165, 1.54) is 24.3 Å². The van der Waals surface area contributed by atoms with Crippen molar-refractivity contribution < 1.29 is 41.9 Å². The molecule has 1 saturated heterocycles. The number of nitrogens with one attached hydrogen (secondary N) is 3. The molecule has 2 aromatic carbocycles. The Hall–Kier alpha value is -4.69. The van der Waals surface area contributed by atoms with E-state index < -0.39 is 22.9 Å². The summed E-state index contributed by atoms with van der Waals surface area (Å²) >= 11 is 0. The van der Waals surface area contributed by atoms with Crippen LogP contribution in [0.15, 0.2) is 54.9 Å². The van der Waals surface area contributed by atoms with E-state index in [-0.39, 0.29) is 47.9 Å². The van der Waals surface area contributed by atoms with Gasteiger partial charge in [-0.2, -0.15) is 0 Å². The Balaban J connectivity index is 1.23. The second kappa shape index (κ2) is 12.2. The standard InChI is InChI=1S/C26H28F3N5O7/c1-25(31-10-11-32-25)16-39-22-7-2-17(14-21(22)34(37)38)24(36)30-15-23(35)33-12-8-19(9-13-33)40-18-3-5-20(6-4-18)41-26(27,28)29/h2-7,10-11,14,19,31-32H,8-9,12-13,15-16H2,1H3,(H,30,36). The maximum absolute atomic E-state index is 12.6. The molecular weight excluding hydrogens is 551 g/mol. The molecule has 2 aromatic rings. The van der Waals surface area contributed by atoms with E-state index in [4.69, 9.17) is 9.47 Å². The first-order valence-corrected chi connectivity index (χ1v) is 12.6. The average molecular weight is 580 g/mol. The van der Waals surface area contributed by atoms with Gasteiger partial charge in [0.2, 0.25) is 5.91 Å². The number of amides is 2. The third kappa shape index (κ3) is 8.16. The molecule has 15 heteroatoms. The van der Waals surface area contributed by atoms with Crippen molar-refractivity contribution in [3.05, 3.63) is 70.5 Å². The zero-order valence-electron chi connectivity index (χ0n) is 21.9. The summed E-state index contributed by atoms with van der Waals surface area (Å²) in [4.78, 5) is 37.8. The molecule has 0 saturated carbocycles. The number of nitro groups is 1. The fraction of sp³-hybridized carbons (Fsp3) is 0.385. The number of alkyl halides is 3. The van der Waals surface area contributed by atoms with E-state index in [9.17, 15) is 32.9 Å². The van der Waals surface area contributed by atoms with Crippen molar-refractivity contribution in [2.24, 2.45) is 0 Å². The number of nitro benzene ring substituents is 1. The highest BCUT2D eigenvalue weighted by molar-refractivity contribution is 5.97. The topological polar surface area (TPSA) is 144 Å². The molecule has 220 valence electrons. The highest BCUT2D eigenvalue weighted by Gasteiger charge is 2.31. The van der Waals surface area contributed by atoms with Gasteiger partial charge >= 0.3 is 12.0 Å². The molecular formula is C26H28F3N5O7. The molecule has 2 amide bonds. The van der Waals surface area contributed by atoms with Crippen LogP contribution in [0.2, 0.25) is 0 Å². The third-order valence-corrected chi connectivity index (χ3v) is 6.38. The summed E-state index contributed by atoms with van der Waals surface area (Å²) in [5, 5.41) is 20.1. The molecule has 0 spiro atoms. The summed E-state index contributed by atoms with van der Waals surface area (Å²) in [5.74, 6) is -0.972. The number of piperidine rings is 1. The first-order valence-electron chi connectivity index (χ1n) is 12.6. The number of nitrogens with zero attached hydrogens (tertiary/aromatic N) is 2. The molecule has 2 aliphatic heterocycles. The lowest BCUT2D eigenvalue weighted by Crippen LogP contribution is -2.50. The first kappa shape index (κ1) is 29.3. The summed E-state index contributed by atoms with van der Waals surface area (Å²) in [6, 6.07) is 8.87. The van der Waals surface area contributed by atoms with Crippen LogP contribution in [0.3, 0.4) is 0 Å². The molecule has 0 aliphatic carbocycles. The molecule has 4 rings (SSSR count). The molecule has 0 radical (unpaired) electrons. The minimum atomic E-state index is -4.78. The number of benzene rings is 2. The van der Waals surface area contributed by atoms with E-state index in [1.54, 1.807) is 17.3 Å². The molecule has 0 unspecified atom stereocenters. The SMILES string of the molecule is CC1(COc2ccc(C(=O)NCC(=O)N3CCC(Oc4ccc(OC(F)(F)F)cc4)CC3)cc2[N+](=O)[O-])NC=CN1. The summed E-state index contributed by atoms with van der Waals surface area (Å²) in [6.07, 6.45) is -0.692. The van der Waals surface area contributed by atoms with Crippen LogP contribution in [0.1, 0.15) is 30.1 Å². The van der Waals surface area contributed by atoms with Gasteiger partial charge in [0.05, 0.1) is 11.5 Å². The molecule has 0 bridgehead atoms. The monoisotopic (exact) mass is 579 g/mol. The van der Waals surface area contributed by atoms with Crippen molar-refractivity contribution in [2.45, 2.75) is 37.9 Å². The van der Waals surface area contributed by atoms with Crippen LogP contribution < -0.4 is 30.2 Å². The van der Waals surface area contributed by atoms with E-state index in [1.807, 2.05) is 6.92 Å². The van der Waals surface area contributed by atoms with Gasteiger partial charge in [0.15, 0.2) is 5.75 Å². The minimum absolute atomic E-state index is 0.000560. The first-order chi connectivity index (χ1) is 19.4. The van der Waals surface area contributed by atoms with Gasteiger partial charge < -0.3 is 35.1 Å². The minimum Gasteiger partial charge on any atom is -0.490 e. The summed E-state index contributed by atoms with van der Waals surface area (Å²) in [7, 11) is 0. The van der Waals surface area contributed by atoms with Gasteiger partial charge in [-0.25, -0.2) is 0 Å². The quantitative estimate of drug-likeness (QED) is 0.286. The van der Waals surface area contributed by atoms with E-state index in [0.717, 1.165) is 18.2 Å². The van der Waals surface area contributed by atoms with Crippen LogP contribution in [-0.2, 0) is 4.79 Å². The molecule has 2 heterocycles. The smallest absolute Gasteiger partial charge is 0.490 e. The molecule has 41 heavy (non-hydrogen) atoms.